The maximum absolute atomic E-state index is 10.7. The Hall–Kier alpha value is -2.12. The smallest absolute Gasteiger partial charge is 0.341 e. The molecule has 4 unspecified atom stereocenters. The minimum atomic E-state index is -0.947. The Labute approximate surface area is 170 Å². The molecule has 1 aromatic rings. The van der Waals surface area contributed by atoms with Crippen molar-refractivity contribution in [1.29, 1.82) is 0 Å². The van der Waals surface area contributed by atoms with Crippen molar-refractivity contribution < 1.29 is 29.6 Å². The first-order chi connectivity index (χ1) is 13.8. The van der Waals surface area contributed by atoms with Gasteiger partial charge in [0.05, 0.1) is 5.92 Å². The van der Waals surface area contributed by atoms with Crippen LogP contribution in [0.15, 0.2) is 18.2 Å². The van der Waals surface area contributed by atoms with Crippen LogP contribution < -0.4 is 10.5 Å². The zero-order valence-corrected chi connectivity index (χ0v) is 16.6. The predicted molar refractivity (Wildman–Crippen MR) is 106 cm³/mol. The first kappa shape index (κ1) is 21.6. The van der Waals surface area contributed by atoms with E-state index in [4.69, 9.17) is 20.7 Å². The molecule has 0 aliphatic heterocycles. The Morgan fingerprint density at radius 1 is 1.14 bits per heavy atom. The maximum Gasteiger partial charge on any atom is 0.341 e. The average molecular weight is 405 g/mol. The van der Waals surface area contributed by atoms with Crippen molar-refractivity contribution in [2.45, 2.75) is 57.6 Å². The SMILES string of the molecule is NC(O)CCC1CCC2Cc3c(cccc3OCC(=O)O)CC12.O=C(O)C1CC1. The monoisotopic (exact) mass is 405 g/mol. The minimum absolute atomic E-state index is 0.0185. The van der Waals surface area contributed by atoms with Crippen LogP contribution in [-0.2, 0) is 22.4 Å². The van der Waals surface area contributed by atoms with E-state index >= 15 is 0 Å². The fourth-order valence-electron chi connectivity index (χ4n) is 4.73. The van der Waals surface area contributed by atoms with E-state index in [0.29, 0.717) is 24.2 Å². The van der Waals surface area contributed by atoms with Gasteiger partial charge in [-0.3, -0.25) is 4.79 Å². The van der Waals surface area contributed by atoms with Crippen LogP contribution in [0.1, 0.15) is 49.7 Å². The van der Waals surface area contributed by atoms with Gasteiger partial charge >= 0.3 is 11.9 Å². The van der Waals surface area contributed by atoms with Crippen molar-refractivity contribution >= 4 is 11.9 Å². The zero-order valence-electron chi connectivity index (χ0n) is 16.6. The molecule has 2 saturated carbocycles. The van der Waals surface area contributed by atoms with Gasteiger partial charge in [-0.1, -0.05) is 12.1 Å². The fourth-order valence-corrected chi connectivity index (χ4v) is 4.73. The molecule has 2 fully saturated rings. The summed E-state index contributed by atoms with van der Waals surface area (Å²) in [5, 5.41) is 26.2. The second kappa shape index (κ2) is 9.59. The van der Waals surface area contributed by atoms with Crippen LogP contribution in [-0.4, -0.2) is 40.1 Å². The third-order valence-corrected chi connectivity index (χ3v) is 6.38. The molecule has 0 amide bonds. The van der Waals surface area contributed by atoms with Crippen LogP contribution in [0.4, 0.5) is 0 Å². The second-order valence-corrected chi connectivity index (χ2v) is 8.50. The van der Waals surface area contributed by atoms with Gasteiger partial charge in [0.2, 0.25) is 0 Å². The molecule has 4 atom stereocenters. The molecule has 7 heteroatoms. The molecule has 1 aromatic carbocycles. The van der Waals surface area contributed by atoms with Gasteiger partial charge in [0.1, 0.15) is 12.0 Å². The van der Waals surface area contributed by atoms with Gasteiger partial charge in [-0.05, 0) is 86.3 Å². The van der Waals surface area contributed by atoms with Crippen LogP contribution in [0.2, 0.25) is 0 Å². The number of aliphatic carboxylic acids is 2. The number of aliphatic hydroxyl groups is 1. The summed E-state index contributed by atoms with van der Waals surface area (Å²) in [6.45, 7) is -0.290. The number of hydrogen-bond acceptors (Lipinski definition) is 5. The molecule has 3 aliphatic carbocycles. The van der Waals surface area contributed by atoms with Crippen molar-refractivity contribution in [1.82, 2.24) is 0 Å². The van der Waals surface area contributed by atoms with E-state index in [1.807, 2.05) is 12.1 Å². The Balaban J connectivity index is 0.000000343. The van der Waals surface area contributed by atoms with Crippen molar-refractivity contribution in [3.8, 4) is 5.75 Å². The molecule has 0 heterocycles. The lowest BCUT2D eigenvalue weighted by Gasteiger charge is -2.32. The van der Waals surface area contributed by atoms with Crippen molar-refractivity contribution in [3.05, 3.63) is 29.3 Å². The number of hydrogen-bond donors (Lipinski definition) is 4. The van der Waals surface area contributed by atoms with Gasteiger partial charge in [0, 0.05) is 0 Å². The highest BCUT2D eigenvalue weighted by atomic mass is 16.5. The third kappa shape index (κ3) is 5.93. The lowest BCUT2D eigenvalue weighted by molar-refractivity contribution is -0.139. The number of nitrogens with two attached hydrogens (primary N) is 1. The molecule has 0 bridgehead atoms. The number of fused-ring (bicyclic) bond motifs is 2. The Bertz CT molecular complexity index is 730. The number of rotatable bonds is 7. The molecule has 0 radical (unpaired) electrons. The van der Waals surface area contributed by atoms with Gasteiger partial charge in [0.15, 0.2) is 6.61 Å². The number of ether oxygens (including phenoxy) is 1. The van der Waals surface area contributed by atoms with Crippen LogP contribution in [0.5, 0.6) is 5.75 Å². The van der Waals surface area contributed by atoms with Crippen LogP contribution in [0, 0.1) is 23.7 Å². The predicted octanol–water partition coefficient (Wildman–Crippen LogP) is 2.43. The lowest BCUT2D eigenvalue weighted by Crippen LogP contribution is -2.27. The first-order valence-electron chi connectivity index (χ1n) is 10.5. The average Bonchev–Trinajstić information content (AvgIpc) is 3.46. The van der Waals surface area contributed by atoms with Crippen molar-refractivity contribution in [2.75, 3.05) is 6.61 Å². The Morgan fingerprint density at radius 3 is 2.48 bits per heavy atom. The number of carboxylic acids is 2. The number of benzene rings is 1. The van der Waals surface area contributed by atoms with E-state index < -0.39 is 18.2 Å². The van der Waals surface area contributed by atoms with Gasteiger partial charge in [-0.2, -0.15) is 0 Å². The number of carboxylic acid groups (broad SMARTS) is 2. The molecule has 4 rings (SSSR count). The van der Waals surface area contributed by atoms with E-state index in [1.165, 1.54) is 24.0 Å². The molecule has 0 spiro atoms. The van der Waals surface area contributed by atoms with Gasteiger partial charge in [-0.25, -0.2) is 4.79 Å². The van der Waals surface area contributed by atoms with Gasteiger partial charge in [0.25, 0.3) is 0 Å². The molecule has 0 saturated heterocycles. The van der Waals surface area contributed by atoms with Crippen LogP contribution >= 0.6 is 0 Å². The summed E-state index contributed by atoms with van der Waals surface area (Å²) in [5.41, 5.74) is 7.96. The Kier molecular flexibility index (Phi) is 7.14. The minimum Gasteiger partial charge on any atom is -0.482 e. The second-order valence-electron chi connectivity index (χ2n) is 8.50. The topological polar surface area (TPSA) is 130 Å². The van der Waals surface area contributed by atoms with E-state index in [-0.39, 0.29) is 12.5 Å². The summed E-state index contributed by atoms with van der Waals surface area (Å²) >= 11 is 0. The van der Waals surface area contributed by atoms with Crippen molar-refractivity contribution in [2.24, 2.45) is 29.4 Å². The standard InChI is InChI=1S/C18H25NO4.C4H6O2/c19-17(20)7-6-11-4-5-13-9-15-12(8-14(11)13)2-1-3-16(15)23-10-18(21)22;5-4(6)3-1-2-3/h1-3,11,13-14,17,20H,4-10,19H2,(H,21,22);3H,1-2H2,(H,5,6). The Morgan fingerprint density at radius 2 is 1.90 bits per heavy atom. The highest BCUT2D eigenvalue weighted by Crippen LogP contribution is 2.48. The largest absolute Gasteiger partial charge is 0.482 e. The summed E-state index contributed by atoms with van der Waals surface area (Å²) in [6.07, 6.45) is 7.13. The lowest BCUT2D eigenvalue weighted by atomic mass is 9.74. The summed E-state index contributed by atoms with van der Waals surface area (Å²) < 4.78 is 5.47. The highest BCUT2D eigenvalue weighted by molar-refractivity contribution is 5.72. The molecular formula is C22H31NO6. The molecule has 29 heavy (non-hydrogen) atoms. The van der Waals surface area contributed by atoms with E-state index in [2.05, 4.69) is 6.07 Å². The third-order valence-electron chi connectivity index (χ3n) is 6.38. The molecule has 160 valence electrons. The van der Waals surface area contributed by atoms with Crippen LogP contribution in [0.3, 0.4) is 0 Å². The summed E-state index contributed by atoms with van der Waals surface area (Å²) in [5.74, 6) is 1.09. The van der Waals surface area contributed by atoms with Gasteiger partial charge in [-0.15, -0.1) is 0 Å². The molecule has 3 aliphatic rings. The van der Waals surface area contributed by atoms with E-state index in [0.717, 1.165) is 37.9 Å². The molecule has 5 N–H and O–H groups in total. The summed E-state index contributed by atoms with van der Waals surface area (Å²) in [6, 6.07) is 5.95. The number of aliphatic hydroxyl groups excluding tert-OH is 1. The normalized spacial score (nSPS) is 25.8. The van der Waals surface area contributed by atoms with Gasteiger partial charge < -0.3 is 25.8 Å². The summed E-state index contributed by atoms with van der Waals surface area (Å²) in [7, 11) is 0. The molecule has 0 aromatic heterocycles. The van der Waals surface area contributed by atoms with Crippen molar-refractivity contribution in [3.63, 3.8) is 0 Å². The summed E-state index contributed by atoms with van der Waals surface area (Å²) in [4.78, 5) is 20.5. The fraction of sp³-hybridized carbons (Fsp3) is 0.636. The molecular weight excluding hydrogens is 374 g/mol. The van der Waals surface area contributed by atoms with Crippen LogP contribution in [0.25, 0.3) is 0 Å². The zero-order chi connectivity index (χ0) is 21.0. The first-order valence-corrected chi connectivity index (χ1v) is 10.5. The quantitative estimate of drug-likeness (QED) is 0.513. The maximum atomic E-state index is 10.7. The molecule has 7 nitrogen and oxygen atoms in total. The van der Waals surface area contributed by atoms with E-state index in [9.17, 15) is 14.7 Å². The highest BCUT2D eigenvalue weighted by Gasteiger charge is 2.39. The van der Waals surface area contributed by atoms with E-state index in [1.54, 1.807) is 0 Å². The number of carbonyl (C=O) groups is 2.